The standard InChI is InChI=1S/C15H24N2O2S/c1-11(2)17-15(3,14(16)18)8-9-20-13-7-5-6-12(10-13)19-4/h5-7,10-11,17H,8-9H2,1-4H3,(H2,16,18). The average Bonchev–Trinajstić information content (AvgIpc) is 2.38. The third kappa shape index (κ3) is 5.06. The second kappa shape index (κ2) is 7.55. The molecule has 5 heteroatoms. The maximum atomic E-state index is 11.6. The molecule has 1 amide bonds. The maximum Gasteiger partial charge on any atom is 0.237 e. The molecule has 1 aromatic rings. The summed E-state index contributed by atoms with van der Waals surface area (Å²) < 4.78 is 5.19. The molecule has 0 fully saturated rings. The van der Waals surface area contributed by atoms with Crippen LogP contribution in [0.4, 0.5) is 0 Å². The largest absolute Gasteiger partial charge is 0.497 e. The Labute approximate surface area is 125 Å². The lowest BCUT2D eigenvalue weighted by Crippen LogP contribution is -2.55. The van der Waals surface area contributed by atoms with Gasteiger partial charge in [-0.2, -0.15) is 0 Å². The topological polar surface area (TPSA) is 64.3 Å². The van der Waals surface area contributed by atoms with Gasteiger partial charge in [0.2, 0.25) is 5.91 Å². The van der Waals surface area contributed by atoms with E-state index in [-0.39, 0.29) is 11.9 Å². The molecule has 112 valence electrons. The number of rotatable bonds is 8. The first kappa shape index (κ1) is 16.9. The number of hydrogen-bond acceptors (Lipinski definition) is 4. The van der Waals surface area contributed by atoms with E-state index < -0.39 is 5.54 Å². The molecule has 0 saturated carbocycles. The summed E-state index contributed by atoms with van der Waals surface area (Å²) in [7, 11) is 1.65. The molecular weight excluding hydrogens is 272 g/mol. The molecule has 0 aliphatic carbocycles. The molecule has 1 atom stereocenters. The number of ether oxygens (including phenoxy) is 1. The zero-order chi connectivity index (χ0) is 15.2. The maximum absolute atomic E-state index is 11.6. The first-order valence-corrected chi connectivity index (χ1v) is 7.70. The molecule has 0 heterocycles. The van der Waals surface area contributed by atoms with Crippen LogP contribution in [0.2, 0.25) is 0 Å². The van der Waals surface area contributed by atoms with Crippen molar-refractivity contribution in [2.45, 2.75) is 43.7 Å². The Morgan fingerprint density at radius 2 is 2.20 bits per heavy atom. The third-order valence-electron chi connectivity index (χ3n) is 3.06. The van der Waals surface area contributed by atoms with Crippen molar-refractivity contribution in [1.29, 1.82) is 0 Å². The van der Waals surface area contributed by atoms with E-state index in [1.54, 1.807) is 18.9 Å². The molecule has 0 spiro atoms. The number of carbonyl (C=O) groups is 1. The van der Waals surface area contributed by atoms with Gasteiger partial charge >= 0.3 is 0 Å². The highest BCUT2D eigenvalue weighted by Gasteiger charge is 2.30. The Hall–Kier alpha value is -1.20. The molecule has 0 aliphatic rings. The summed E-state index contributed by atoms with van der Waals surface area (Å²) in [5.74, 6) is 1.34. The lowest BCUT2D eigenvalue weighted by molar-refractivity contribution is -0.124. The van der Waals surface area contributed by atoms with Crippen LogP contribution in [0.3, 0.4) is 0 Å². The van der Waals surface area contributed by atoms with Gasteiger partial charge in [0.25, 0.3) is 0 Å². The van der Waals surface area contributed by atoms with Crippen LogP contribution in [0.25, 0.3) is 0 Å². The smallest absolute Gasteiger partial charge is 0.237 e. The van der Waals surface area contributed by atoms with E-state index in [4.69, 9.17) is 10.5 Å². The van der Waals surface area contributed by atoms with E-state index in [0.29, 0.717) is 6.42 Å². The third-order valence-corrected chi connectivity index (χ3v) is 4.06. The van der Waals surface area contributed by atoms with Crippen LogP contribution in [0.5, 0.6) is 5.75 Å². The van der Waals surface area contributed by atoms with Crippen LogP contribution in [0, 0.1) is 0 Å². The zero-order valence-electron chi connectivity index (χ0n) is 12.6. The summed E-state index contributed by atoms with van der Waals surface area (Å²) in [6.45, 7) is 5.88. The number of carbonyl (C=O) groups excluding carboxylic acids is 1. The van der Waals surface area contributed by atoms with Crippen molar-refractivity contribution in [2.75, 3.05) is 12.9 Å². The van der Waals surface area contributed by atoms with Gasteiger partial charge in [-0.3, -0.25) is 4.79 Å². The number of benzene rings is 1. The van der Waals surface area contributed by atoms with Crippen LogP contribution in [-0.4, -0.2) is 30.4 Å². The van der Waals surface area contributed by atoms with Gasteiger partial charge in [0.1, 0.15) is 5.75 Å². The van der Waals surface area contributed by atoms with Crippen LogP contribution in [-0.2, 0) is 4.79 Å². The van der Waals surface area contributed by atoms with Gasteiger partial charge in [-0.15, -0.1) is 11.8 Å². The van der Waals surface area contributed by atoms with Crippen molar-refractivity contribution in [3.63, 3.8) is 0 Å². The predicted octanol–water partition coefficient (Wildman–Crippen LogP) is 2.42. The Kier molecular flexibility index (Phi) is 6.36. The number of methoxy groups -OCH3 is 1. The van der Waals surface area contributed by atoms with E-state index in [1.165, 1.54) is 0 Å². The van der Waals surface area contributed by atoms with Gasteiger partial charge in [-0.1, -0.05) is 6.07 Å². The van der Waals surface area contributed by atoms with Crippen molar-refractivity contribution in [3.05, 3.63) is 24.3 Å². The van der Waals surface area contributed by atoms with Gasteiger partial charge in [-0.25, -0.2) is 0 Å². The summed E-state index contributed by atoms with van der Waals surface area (Å²) in [5, 5.41) is 3.25. The highest BCUT2D eigenvalue weighted by atomic mass is 32.2. The minimum atomic E-state index is -0.667. The normalized spacial score (nSPS) is 14.1. The molecular formula is C15H24N2O2S. The summed E-state index contributed by atoms with van der Waals surface area (Å²) in [4.78, 5) is 12.8. The SMILES string of the molecule is COc1cccc(SCCC(C)(NC(C)C)C(N)=O)c1. The quantitative estimate of drug-likeness (QED) is 0.723. The number of nitrogens with one attached hydrogen (secondary N) is 1. The fraction of sp³-hybridized carbons (Fsp3) is 0.533. The Morgan fingerprint density at radius 3 is 2.75 bits per heavy atom. The molecule has 0 aliphatic heterocycles. The van der Waals surface area contributed by atoms with Crippen molar-refractivity contribution < 1.29 is 9.53 Å². The van der Waals surface area contributed by atoms with Gasteiger partial charge < -0.3 is 15.8 Å². The van der Waals surface area contributed by atoms with E-state index in [0.717, 1.165) is 16.4 Å². The minimum Gasteiger partial charge on any atom is -0.497 e. The fourth-order valence-corrected chi connectivity index (χ4v) is 3.09. The van der Waals surface area contributed by atoms with Crippen LogP contribution >= 0.6 is 11.8 Å². The zero-order valence-corrected chi connectivity index (χ0v) is 13.4. The van der Waals surface area contributed by atoms with Gasteiger partial charge in [0.15, 0.2) is 0 Å². The number of nitrogens with two attached hydrogens (primary N) is 1. The predicted molar refractivity (Wildman–Crippen MR) is 84.2 cm³/mol. The summed E-state index contributed by atoms with van der Waals surface area (Å²) >= 11 is 1.69. The second-order valence-corrected chi connectivity index (χ2v) is 6.44. The second-order valence-electron chi connectivity index (χ2n) is 5.27. The van der Waals surface area contributed by atoms with E-state index in [2.05, 4.69) is 5.32 Å². The summed E-state index contributed by atoms with van der Waals surface area (Å²) in [6.07, 6.45) is 0.683. The van der Waals surface area contributed by atoms with E-state index in [9.17, 15) is 4.79 Å². The number of primary amides is 1. The van der Waals surface area contributed by atoms with Crippen LogP contribution in [0.1, 0.15) is 27.2 Å². The molecule has 1 unspecified atom stereocenters. The van der Waals surface area contributed by atoms with Crippen LogP contribution in [0.15, 0.2) is 29.2 Å². The summed E-state index contributed by atoms with van der Waals surface area (Å²) in [5.41, 5.74) is 4.85. The lowest BCUT2D eigenvalue weighted by atomic mass is 9.97. The Morgan fingerprint density at radius 1 is 1.50 bits per heavy atom. The number of amides is 1. The van der Waals surface area contributed by atoms with Gasteiger partial charge in [-0.05, 0) is 45.4 Å². The van der Waals surface area contributed by atoms with Gasteiger partial charge in [0.05, 0.1) is 12.6 Å². The van der Waals surface area contributed by atoms with Crippen molar-refractivity contribution in [2.24, 2.45) is 5.73 Å². The Bertz CT molecular complexity index is 451. The highest BCUT2D eigenvalue weighted by Crippen LogP contribution is 2.25. The summed E-state index contributed by atoms with van der Waals surface area (Å²) in [6, 6.07) is 8.11. The van der Waals surface area contributed by atoms with Crippen molar-refractivity contribution in [1.82, 2.24) is 5.32 Å². The molecule has 0 saturated heterocycles. The van der Waals surface area contributed by atoms with E-state index >= 15 is 0 Å². The molecule has 0 bridgehead atoms. The molecule has 20 heavy (non-hydrogen) atoms. The monoisotopic (exact) mass is 296 g/mol. The van der Waals surface area contributed by atoms with Gasteiger partial charge in [0, 0.05) is 16.7 Å². The highest BCUT2D eigenvalue weighted by molar-refractivity contribution is 7.99. The van der Waals surface area contributed by atoms with Crippen molar-refractivity contribution in [3.8, 4) is 5.75 Å². The molecule has 3 N–H and O–H groups in total. The molecule has 1 rings (SSSR count). The molecule has 0 radical (unpaired) electrons. The average molecular weight is 296 g/mol. The van der Waals surface area contributed by atoms with Crippen molar-refractivity contribution >= 4 is 17.7 Å². The molecule has 0 aromatic heterocycles. The Balaban J connectivity index is 2.58. The molecule has 4 nitrogen and oxygen atoms in total. The first-order valence-electron chi connectivity index (χ1n) is 6.72. The number of hydrogen-bond donors (Lipinski definition) is 2. The first-order chi connectivity index (χ1) is 9.37. The fourth-order valence-electron chi connectivity index (χ4n) is 1.97. The lowest BCUT2D eigenvalue weighted by Gasteiger charge is -2.29. The van der Waals surface area contributed by atoms with Crippen LogP contribution < -0.4 is 15.8 Å². The minimum absolute atomic E-state index is 0.217. The number of thioether (sulfide) groups is 1. The van der Waals surface area contributed by atoms with E-state index in [1.807, 2.05) is 45.0 Å². The molecule has 1 aromatic carbocycles.